The molecule has 0 radical (unpaired) electrons. The molecule has 0 aliphatic rings. The molecule has 94 valence electrons. The number of pyridine rings is 1. The van der Waals surface area contributed by atoms with Crippen LogP contribution >= 0.6 is 11.8 Å². The standard InChI is InChI=1S/C10H6N6O2S/c17-10(18)6-3-4-11-9(5-6)19-8-2-1-7-12-14-15-16(7)13-8/h1-5H,(H,17,18). The van der Waals surface area contributed by atoms with Gasteiger partial charge < -0.3 is 5.11 Å². The summed E-state index contributed by atoms with van der Waals surface area (Å²) in [5, 5.41) is 25.1. The Hall–Kier alpha value is -2.55. The van der Waals surface area contributed by atoms with Gasteiger partial charge in [-0.3, -0.25) is 0 Å². The van der Waals surface area contributed by atoms with Gasteiger partial charge in [0.15, 0.2) is 5.65 Å². The Kier molecular flexibility index (Phi) is 2.80. The second-order valence-corrected chi connectivity index (χ2v) is 4.53. The third-order valence-electron chi connectivity index (χ3n) is 2.24. The molecular formula is C10H6N6O2S. The van der Waals surface area contributed by atoms with Crippen LogP contribution in [-0.4, -0.2) is 41.3 Å². The average molecular weight is 274 g/mol. The quantitative estimate of drug-likeness (QED) is 0.746. The summed E-state index contributed by atoms with van der Waals surface area (Å²) in [6.45, 7) is 0. The first-order valence-corrected chi connectivity index (χ1v) is 5.97. The molecule has 0 atom stereocenters. The van der Waals surface area contributed by atoms with E-state index < -0.39 is 5.97 Å². The minimum Gasteiger partial charge on any atom is -0.478 e. The van der Waals surface area contributed by atoms with E-state index in [0.29, 0.717) is 15.7 Å². The van der Waals surface area contributed by atoms with Crippen molar-refractivity contribution in [1.82, 2.24) is 30.2 Å². The van der Waals surface area contributed by atoms with Gasteiger partial charge in [0.2, 0.25) is 0 Å². The Morgan fingerprint density at radius 1 is 1.26 bits per heavy atom. The molecule has 3 rings (SSSR count). The van der Waals surface area contributed by atoms with E-state index in [0.717, 1.165) is 0 Å². The van der Waals surface area contributed by atoms with Crippen molar-refractivity contribution >= 4 is 23.4 Å². The summed E-state index contributed by atoms with van der Waals surface area (Å²) in [5.74, 6) is -0.992. The van der Waals surface area contributed by atoms with Crippen LogP contribution in [0.3, 0.4) is 0 Å². The van der Waals surface area contributed by atoms with Gasteiger partial charge in [-0.25, -0.2) is 9.78 Å². The normalized spacial score (nSPS) is 10.7. The molecule has 0 amide bonds. The number of hydrogen-bond donors (Lipinski definition) is 1. The van der Waals surface area contributed by atoms with Crippen molar-refractivity contribution < 1.29 is 9.90 Å². The van der Waals surface area contributed by atoms with Crippen LogP contribution in [0.5, 0.6) is 0 Å². The van der Waals surface area contributed by atoms with E-state index in [1.807, 2.05) is 0 Å². The lowest BCUT2D eigenvalue weighted by atomic mass is 10.3. The van der Waals surface area contributed by atoms with E-state index in [9.17, 15) is 4.79 Å². The van der Waals surface area contributed by atoms with Gasteiger partial charge in [0.25, 0.3) is 0 Å². The molecule has 3 aromatic heterocycles. The zero-order chi connectivity index (χ0) is 13.2. The lowest BCUT2D eigenvalue weighted by molar-refractivity contribution is 0.0696. The molecule has 3 heterocycles. The fraction of sp³-hybridized carbons (Fsp3) is 0. The summed E-state index contributed by atoms with van der Waals surface area (Å²) in [7, 11) is 0. The van der Waals surface area contributed by atoms with Crippen molar-refractivity contribution in [1.29, 1.82) is 0 Å². The van der Waals surface area contributed by atoms with Gasteiger partial charge in [-0.05, 0) is 46.5 Å². The maximum Gasteiger partial charge on any atom is 0.335 e. The Labute approximate surface area is 110 Å². The van der Waals surface area contributed by atoms with Crippen LogP contribution in [-0.2, 0) is 0 Å². The Bertz CT molecular complexity index is 758. The van der Waals surface area contributed by atoms with Crippen LogP contribution < -0.4 is 0 Å². The van der Waals surface area contributed by atoms with E-state index >= 15 is 0 Å². The third-order valence-corrected chi connectivity index (χ3v) is 3.10. The fourth-order valence-electron chi connectivity index (χ4n) is 1.39. The third kappa shape index (κ3) is 2.36. The molecule has 0 spiro atoms. The number of fused-ring (bicyclic) bond motifs is 1. The molecule has 9 heteroatoms. The lowest BCUT2D eigenvalue weighted by Crippen LogP contribution is -1.98. The molecule has 0 bridgehead atoms. The average Bonchev–Trinajstić information content (AvgIpc) is 2.86. The summed E-state index contributed by atoms with van der Waals surface area (Å²) in [6.07, 6.45) is 1.45. The number of aromatic carboxylic acids is 1. The summed E-state index contributed by atoms with van der Waals surface area (Å²) in [5.41, 5.74) is 0.720. The molecule has 0 aromatic carbocycles. The van der Waals surface area contributed by atoms with Gasteiger partial charge in [-0.1, -0.05) is 0 Å². The topological polar surface area (TPSA) is 106 Å². The number of aromatic nitrogens is 6. The smallest absolute Gasteiger partial charge is 0.335 e. The van der Waals surface area contributed by atoms with Crippen molar-refractivity contribution in [3.8, 4) is 0 Å². The monoisotopic (exact) mass is 274 g/mol. The van der Waals surface area contributed by atoms with E-state index in [-0.39, 0.29) is 5.56 Å². The van der Waals surface area contributed by atoms with Crippen molar-refractivity contribution in [2.75, 3.05) is 0 Å². The lowest BCUT2D eigenvalue weighted by Gasteiger charge is -2.00. The molecule has 0 aliphatic heterocycles. The van der Waals surface area contributed by atoms with Crippen LogP contribution in [0.15, 0.2) is 40.5 Å². The minimum atomic E-state index is -0.992. The molecule has 0 saturated carbocycles. The van der Waals surface area contributed by atoms with Gasteiger partial charge in [0.1, 0.15) is 10.1 Å². The molecule has 0 unspecified atom stereocenters. The zero-order valence-electron chi connectivity index (χ0n) is 9.33. The Balaban J connectivity index is 1.91. The molecule has 1 N–H and O–H groups in total. The van der Waals surface area contributed by atoms with Crippen LogP contribution in [0.25, 0.3) is 5.65 Å². The van der Waals surface area contributed by atoms with E-state index in [2.05, 4.69) is 25.6 Å². The minimum absolute atomic E-state index is 0.181. The molecule has 0 saturated heterocycles. The molecule has 0 aliphatic carbocycles. The molecule has 19 heavy (non-hydrogen) atoms. The largest absolute Gasteiger partial charge is 0.478 e. The number of carboxylic acid groups (broad SMARTS) is 1. The van der Waals surface area contributed by atoms with Crippen molar-refractivity contribution in [2.45, 2.75) is 10.1 Å². The van der Waals surface area contributed by atoms with Crippen LogP contribution in [0.2, 0.25) is 0 Å². The highest BCUT2D eigenvalue weighted by molar-refractivity contribution is 7.99. The first-order chi connectivity index (χ1) is 9.22. The second-order valence-electron chi connectivity index (χ2n) is 3.49. The summed E-state index contributed by atoms with van der Waals surface area (Å²) >= 11 is 1.24. The second kappa shape index (κ2) is 4.61. The number of hydrogen-bond acceptors (Lipinski definition) is 7. The number of carbonyl (C=O) groups is 1. The fourth-order valence-corrected chi connectivity index (χ4v) is 2.16. The number of carboxylic acids is 1. The maximum absolute atomic E-state index is 10.9. The van der Waals surface area contributed by atoms with Crippen LogP contribution in [0.4, 0.5) is 0 Å². The van der Waals surface area contributed by atoms with E-state index in [1.54, 1.807) is 12.1 Å². The summed E-state index contributed by atoms with van der Waals surface area (Å²) in [4.78, 5) is 14.9. The van der Waals surface area contributed by atoms with Gasteiger partial charge in [-0.2, -0.15) is 0 Å². The molecule has 8 nitrogen and oxygen atoms in total. The Morgan fingerprint density at radius 3 is 3.00 bits per heavy atom. The van der Waals surface area contributed by atoms with Gasteiger partial charge >= 0.3 is 5.97 Å². The zero-order valence-corrected chi connectivity index (χ0v) is 10.2. The van der Waals surface area contributed by atoms with Gasteiger partial charge in [-0.15, -0.1) is 14.8 Å². The van der Waals surface area contributed by atoms with Crippen molar-refractivity contribution in [2.24, 2.45) is 0 Å². The predicted octanol–water partition coefficient (Wildman–Crippen LogP) is 0.764. The van der Waals surface area contributed by atoms with Crippen molar-refractivity contribution in [3.05, 3.63) is 36.0 Å². The maximum atomic E-state index is 10.9. The SMILES string of the molecule is O=C(O)c1ccnc(Sc2ccc3nnnn3n2)c1. The van der Waals surface area contributed by atoms with Gasteiger partial charge in [0.05, 0.1) is 5.56 Å². The highest BCUT2D eigenvalue weighted by atomic mass is 32.2. The first-order valence-electron chi connectivity index (χ1n) is 5.15. The summed E-state index contributed by atoms with van der Waals surface area (Å²) < 4.78 is 1.30. The Morgan fingerprint density at radius 2 is 2.16 bits per heavy atom. The molecule has 0 fully saturated rings. The van der Waals surface area contributed by atoms with E-state index in [4.69, 9.17) is 5.11 Å². The molecular weight excluding hydrogens is 268 g/mol. The predicted molar refractivity (Wildman–Crippen MR) is 63.9 cm³/mol. The summed E-state index contributed by atoms with van der Waals surface area (Å²) in [6, 6.07) is 6.38. The number of rotatable bonds is 3. The van der Waals surface area contributed by atoms with Crippen LogP contribution in [0, 0.1) is 0 Å². The first kappa shape index (κ1) is 11.5. The van der Waals surface area contributed by atoms with E-state index in [1.165, 1.54) is 34.7 Å². The van der Waals surface area contributed by atoms with Gasteiger partial charge in [0, 0.05) is 6.20 Å². The number of nitrogens with zero attached hydrogens (tertiary/aromatic N) is 6. The molecule has 3 aromatic rings. The highest BCUT2D eigenvalue weighted by Gasteiger charge is 2.07. The van der Waals surface area contributed by atoms with Crippen molar-refractivity contribution in [3.63, 3.8) is 0 Å². The highest BCUT2D eigenvalue weighted by Crippen LogP contribution is 2.24. The number of tetrazole rings is 1. The van der Waals surface area contributed by atoms with Crippen LogP contribution in [0.1, 0.15) is 10.4 Å².